The summed E-state index contributed by atoms with van der Waals surface area (Å²) >= 11 is 1.28. The van der Waals surface area contributed by atoms with Crippen LogP contribution in [0.15, 0.2) is 48.5 Å². The van der Waals surface area contributed by atoms with Gasteiger partial charge in [0.1, 0.15) is 0 Å². The topological polar surface area (TPSA) is 64.6 Å². The van der Waals surface area contributed by atoms with Crippen LogP contribution in [-0.4, -0.2) is 37.4 Å². The third-order valence-electron chi connectivity index (χ3n) is 3.23. The zero-order valence-corrected chi connectivity index (χ0v) is 14.4. The highest BCUT2D eigenvalue weighted by Gasteiger charge is 2.10. The molecule has 0 heterocycles. The van der Waals surface area contributed by atoms with Crippen molar-refractivity contribution in [2.24, 2.45) is 0 Å². The first-order valence-corrected chi connectivity index (χ1v) is 8.47. The maximum atomic E-state index is 12.0. The molecule has 2 aromatic carbocycles. The van der Waals surface area contributed by atoms with E-state index in [4.69, 9.17) is 9.47 Å². The first-order valence-electron chi connectivity index (χ1n) is 7.32. The number of rotatable bonds is 8. The van der Waals surface area contributed by atoms with E-state index in [9.17, 15) is 9.59 Å². The Bertz CT molecular complexity index is 703. The SMILES string of the molecule is COc1ccc(NC(=O)CSCC(=O)c2ccccc2)cc1OC. The molecule has 0 aliphatic rings. The molecule has 0 aliphatic heterocycles. The van der Waals surface area contributed by atoms with E-state index in [1.165, 1.54) is 18.9 Å². The lowest BCUT2D eigenvalue weighted by Crippen LogP contribution is -2.15. The van der Waals surface area contributed by atoms with Gasteiger partial charge < -0.3 is 14.8 Å². The molecule has 0 fully saturated rings. The molecule has 24 heavy (non-hydrogen) atoms. The van der Waals surface area contributed by atoms with Crippen LogP contribution in [0.2, 0.25) is 0 Å². The van der Waals surface area contributed by atoms with Crippen LogP contribution in [0, 0.1) is 0 Å². The lowest BCUT2D eigenvalue weighted by atomic mass is 10.2. The highest BCUT2D eigenvalue weighted by molar-refractivity contribution is 8.00. The Balaban J connectivity index is 1.82. The summed E-state index contributed by atoms with van der Waals surface area (Å²) in [6.45, 7) is 0. The summed E-state index contributed by atoms with van der Waals surface area (Å²) in [7, 11) is 3.09. The summed E-state index contributed by atoms with van der Waals surface area (Å²) in [6.07, 6.45) is 0. The molecule has 0 spiro atoms. The Kier molecular flexibility index (Phi) is 6.69. The van der Waals surface area contributed by atoms with Crippen LogP contribution < -0.4 is 14.8 Å². The number of hydrogen-bond donors (Lipinski definition) is 1. The maximum absolute atomic E-state index is 12.0. The van der Waals surface area contributed by atoms with Crippen LogP contribution in [-0.2, 0) is 4.79 Å². The zero-order valence-electron chi connectivity index (χ0n) is 13.6. The van der Waals surface area contributed by atoms with Crippen molar-refractivity contribution in [3.05, 3.63) is 54.1 Å². The third-order valence-corrected chi connectivity index (χ3v) is 4.16. The number of Topliss-reactive ketones (excluding diaryl/α,β-unsaturated/α-hetero) is 1. The van der Waals surface area contributed by atoms with E-state index in [-0.39, 0.29) is 23.2 Å². The molecule has 5 nitrogen and oxygen atoms in total. The summed E-state index contributed by atoms with van der Waals surface area (Å²) in [5, 5.41) is 2.77. The molecule has 1 amide bonds. The minimum absolute atomic E-state index is 0.0134. The maximum Gasteiger partial charge on any atom is 0.234 e. The van der Waals surface area contributed by atoms with Gasteiger partial charge >= 0.3 is 0 Å². The van der Waals surface area contributed by atoms with Gasteiger partial charge in [0.05, 0.1) is 25.7 Å². The van der Waals surface area contributed by atoms with Crippen molar-refractivity contribution < 1.29 is 19.1 Å². The highest BCUT2D eigenvalue weighted by Crippen LogP contribution is 2.29. The minimum atomic E-state index is -0.173. The summed E-state index contributed by atoms with van der Waals surface area (Å²) < 4.78 is 10.3. The van der Waals surface area contributed by atoms with Crippen molar-refractivity contribution in [2.75, 3.05) is 31.0 Å². The molecule has 0 bridgehead atoms. The zero-order chi connectivity index (χ0) is 17.4. The summed E-state index contributed by atoms with van der Waals surface area (Å²) in [5.41, 5.74) is 1.28. The third kappa shape index (κ3) is 5.03. The summed E-state index contributed by atoms with van der Waals surface area (Å²) in [5.74, 6) is 1.45. The van der Waals surface area contributed by atoms with E-state index >= 15 is 0 Å². The van der Waals surface area contributed by atoms with Crippen LogP contribution in [0.1, 0.15) is 10.4 Å². The van der Waals surface area contributed by atoms with Gasteiger partial charge in [-0.15, -0.1) is 11.8 Å². The number of benzene rings is 2. The molecular formula is C18H19NO4S. The fourth-order valence-electron chi connectivity index (χ4n) is 2.05. The molecule has 0 aromatic heterocycles. The van der Waals surface area contributed by atoms with Crippen molar-refractivity contribution in [1.29, 1.82) is 0 Å². The van der Waals surface area contributed by atoms with Crippen molar-refractivity contribution in [1.82, 2.24) is 0 Å². The Morgan fingerprint density at radius 3 is 2.33 bits per heavy atom. The van der Waals surface area contributed by atoms with Gasteiger partial charge in [-0.05, 0) is 12.1 Å². The molecule has 2 rings (SSSR count). The monoisotopic (exact) mass is 345 g/mol. The molecule has 0 radical (unpaired) electrons. The number of ether oxygens (including phenoxy) is 2. The molecule has 6 heteroatoms. The average molecular weight is 345 g/mol. The number of hydrogen-bond acceptors (Lipinski definition) is 5. The van der Waals surface area contributed by atoms with Gasteiger partial charge in [0, 0.05) is 17.3 Å². The Labute approximate surface area is 145 Å². The number of carbonyl (C=O) groups is 2. The van der Waals surface area contributed by atoms with Crippen molar-refractivity contribution in [3.63, 3.8) is 0 Å². The summed E-state index contributed by atoms with van der Waals surface area (Å²) in [4.78, 5) is 23.9. The molecule has 0 atom stereocenters. The summed E-state index contributed by atoms with van der Waals surface area (Å²) in [6, 6.07) is 14.2. The van der Waals surface area contributed by atoms with Crippen molar-refractivity contribution in [3.8, 4) is 11.5 Å². The fourth-order valence-corrected chi connectivity index (χ4v) is 2.77. The molecular weight excluding hydrogens is 326 g/mol. The van der Waals surface area contributed by atoms with E-state index in [0.717, 1.165) is 0 Å². The molecule has 0 unspecified atom stereocenters. The van der Waals surface area contributed by atoms with Gasteiger partial charge in [-0.1, -0.05) is 30.3 Å². The van der Waals surface area contributed by atoms with Crippen molar-refractivity contribution in [2.45, 2.75) is 0 Å². The van der Waals surface area contributed by atoms with E-state index < -0.39 is 0 Å². The number of nitrogens with one attached hydrogen (secondary N) is 1. The van der Waals surface area contributed by atoms with Gasteiger partial charge in [-0.3, -0.25) is 9.59 Å². The Morgan fingerprint density at radius 1 is 0.958 bits per heavy atom. The standard InChI is InChI=1S/C18H19NO4S/c1-22-16-9-8-14(10-17(16)23-2)19-18(21)12-24-11-15(20)13-6-4-3-5-7-13/h3-10H,11-12H2,1-2H3,(H,19,21). The second-order valence-corrected chi connectivity index (χ2v) is 5.89. The Hall–Kier alpha value is -2.47. The van der Waals surface area contributed by atoms with E-state index in [2.05, 4.69) is 5.32 Å². The molecule has 0 saturated heterocycles. The molecule has 0 saturated carbocycles. The number of ketones is 1. The van der Waals surface area contributed by atoms with Gasteiger partial charge in [0.25, 0.3) is 0 Å². The lowest BCUT2D eigenvalue weighted by molar-refractivity contribution is -0.113. The van der Waals surface area contributed by atoms with Crippen LogP contribution in [0.25, 0.3) is 0 Å². The van der Waals surface area contributed by atoms with Crippen LogP contribution in [0.5, 0.6) is 11.5 Å². The highest BCUT2D eigenvalue weighted by atomic mass is 32.2. The first-order chi connectivity index (χ1) is 11.6. The number of anilines is 1. The van der Waals surface area contributed by atoms with Gasteiger partial charge in [0.15, 0.2) is 17.3 Å². The Morgan fingerprint density at radius 2 is 1.67 bits per heavy atom. The number of methoxy groups -OCH3 is 2. The van der Waals surface area contributed by atoms with E-state index in [0.29, 0.717) is 22.7 Å². The average Bonchev–Trinajstić information content (AvgIpc) is 2.62. The minimum Gasteiger partial charge on any atom is -0.493 e. The number of thioether (sulfide) groups is 1. The van der Waals surface area contributed by atoms with E-state index in [1.807, 2.05) is 18.2 Å². The second-order valence-electron chi connectivity index (χ2n) is 4.90. The smallest absolute Gasteiger partial charge is 0.234 e. The second kappa shape index (κ2) is 8.98. The molecule has 2 aromatic rings. The van der Waals surface area contributed by atoms with Gasteiger partial charge in [0.2, 0.25) is 5.91 Å². The largest absolute Gasteiger partial charge is 0.493 e. The predicted octanol–water partition coefficient (Wildman–Crippen LogP) is 3.26. The van der Waals surface area contributed by atoms with E-state index in [1.54, 1.807) is 37.4 Å². The fraction of sp³-hybridized carbons (Fsp3) is 0.222. The number of carbonyl (C=O) groups excluding carboxylic acids is 2. The first kappa shape index (κ1) is 17.9. The molecule has 0 aliphatic carbocycles. The molecule has 126 valence electrons. The van der Waals surface area contributed by atoms with Gasteiger partial charge in [-0.2, -0.15) is 0 Å². The van der Waals surface area contributed by atoms with Crippen LogP contribution >= 0.6 is 11.8 Å². The predicted molar refractivity (Wildman–Crippen MR) is 96.3 cm³/mol. The quantitative estimate of drug-likeness (QED) is 0.744. The number of amides is 1. The van der Waals surface area contributed by atoms with Crippen LogP contribution in [0.3, 0.4) is 0 Å². The van der Waals surface area contributed by atoms with Gasteiger partial charge in [-0.25, -0.2) is 0 Å². The lowest BCUT2D eigenvalue weighted by Gasteiger charge is -2.10. The van der Waals surface area contributed by atoms with Crippen molar-refractivity contribution >= 4 is 29.1 Å². The molecule has 1 N–H and O–H groups in total. The normalized spacial score (nSPS) is 10.1. The van der Waals surface area contributed by atoms with Crippen LogP contribution in [0.4, 0.5) is 5.69 Å².